The summed E-state index contributed by atoms with van der Waals surface area (Å²) < 4.78 is 32.0. The molecule has 2 aromatic carbocycles. The fourth-order valence-corrected chi connectivity index (χ4v) is 2.78. The van der Waals surface area contributed by atoms with E-state index in [1.54, 1.807) is 31.2 Å². The van der Waals surface area contributed by atoms with Crippen LogP contribution >= 0.6 is 0 Å². The SMILES string of the molecule is C/C(=N/Nc1ccc(F)cc1F)c1ccc(OCC(=O)N2CCCC2)cc1. The van der Waals surface area contributed by atoms with Gasteiger partial charge in [0.2, 0.25) is 0 Å². The third-order valence-corrected chi connectivity index (χ3v) is 4.37. The topological polar surface area (TPSA) is 53.9 Å². The Hall–Kier alpha value is -2.96. The zero-order valence-corrected chi connectivity index (χ0v) is 15.0. The van der Waals surface area contributed by atoms with Crippen LogP contribution in [-0.2, 0) is 4.79 Å². The Morgan fingerprint density at radius 3 is 2.52 bits per heavy atom. The van der Waals surface area contributed by atoms with Crippen molar-refractivity contribution in [2.45, 2.75) is 19.8 Å². The summed E-state index contributed by atoms with van der Waals surface area (Å²) >= 11 is 0. The number of benzene rings is 2. The zero-order valence-electron chi connectivity index (χ0n) is 15.0. The summed E-state index contributed by atoms with van der Waals surface area (Å²) in [5.41, 5.74) is 4.11. The summed E-state index contributed by atoms with van der Waals surface area (Å²) in [5.74, 6) is -0.757. The van der Waals surface area contributed by atoms with Gasteiger partial charge in [0.15, 0.2) is 12.4 Å². The molecule has 0 saturated carbocycles. The van der Waals surface area contributed by atoms with Crippen molar-refractivity contribution < 1.29 is 18.3 Å². The lowest BCUT2D eigenvalue weighted by molar-refractivity contribution is -0.132. The van der Waals surface area contributed by atoms with Crippen LogP contribution in [0.15, 0.2) is 47.6 Å². The van der Waals surface area contributed by atoms with Gasteiger partial charge in [0.25, 0.3) is 5.91 Å². The minimum absolute atomic E-state index is 0.000144. The van der Waals surface area contributed by atoms with E-state index in [2.05, 4.69) is 10.5 Å². The van der Waals surface area contributed by atoms with Crippen LogP contribution < -0.4 is 10.2 Å². The molecule has 0 radical (unpaired) electrons. The second kappa shape index (κ2) is 8.62. The molecule has 1 amide bonds. The lowest BCUT2D eigenvalue weighted by atomic mass is 10.1. The van der Waals surface area contributed by atoms with Gasteiger partial charge in [-0.05, 0) is 61.7 Å². The van der Waals surface area contributed by atoms with Crippen LogP contribution in [0.2, 0.25) is 0 Å². The molecular formula is C20H21F2N3O2. The quantitative estimate of drug-likeness (QED) is 0.619. The van der Waals surface area contributed by atoms with Gasteiger partial charge < -0.3 is 9.64 Å². The Morgan fingerprint density at radius 2 is 1.85 bits per heavy atom. The molecule has 0 atom stereocenters. The lowest BCUT2D eigenvalue weighted by Crippen LogP contribution is -2.32. The van der Waals surface area contributed by atoms with Crippen molar-refractivity contribution in [3.63, 3.8) is 0 Å². The summed E-state index contributed by atoms with van der Waals surface area (Å²) in [5, 5.41) is 4.11. The maximum atomic E-state index is 13.6. The Labute approximate surface area is 156 Å². The number of carbonyl (C=O) groups excluding carboxylic acids is 1. The first kappa shape index (κ1) is 18.8. The van der Waals surface area contributed by atoms with E-state index >= 15 is 0 Å². The van der Waals surface area contributed by atoms with Crippen LogP contribution in [-0.4, -0.2) is 36.2 Å². The van der Waals surface area contributed by atoms with Gasteiger partial charge in [-0.3, -0.25) is 10.2 Å². The molecule has 5 nitrogen and oxygen atoms in total. The van der Waals surface area contributed by atoms with Gasteiger partial charge in [-0.15, -0.1) is 0 Å². The smallest absolute Gasteiger partial charge is 0.260 e. The molecule has 142 valence electrons. The number of nitrogens with zero attached hydrogens (tertiary/aromatic N) is 2. The van der Waals surface area contributed by atoms with E-state index in [-0.39, 0.29) is 18.2 Å². The predicted octanol–water partition coefficient (Wildman–Crippen LogP) is 3.80. The minimum Gasteiger partial charge on any atom is -0.484 e. The monoisotopic (exact) mass is 373 g/mol. The number of rotatable bonds is 6. The zero-order chi connectivity index (χ0) is 19.2. The molecule has 27 heavy (non-hydrogen) atoms. The maximum Gasteiger partial charge on any atom is 0.260 e. The van der Waals surface area contributed by atoms with E-state index in [9.17, 15) is 13.6 Å². The summed E-state index contributed by atoms with van der Waals surface area (Å²) in [6.07, 6.45) is 2.10. The highest BCUT2D eigenvalue weighted by Crippen LogP contribution is 2.17. The molecule has 0 unspecified atom stereocenters. The molecule has 7 heteroatoms. The highest BCUT2D eigenvalue weighted by Gasteiger charge is 2.18. The molecule has 1 aliphatic rings. The third-order valence-electron chi connectivity index (χ3n) is 4.37. The van der Waals surface area contributed by atoms with Crippen molar-refractivity contribution >= 4 is 17.3 Å². The van der Waals surface area contributed by atoms with Crippen LogP contribution in [0.25, 0.3) is 0 Å². The summed E-state index contributed by atoms with van der Waals surface area (Å²) in [4.78, 5) is 13.8. The van der Waals surface area contributed by atoms with E-state index < -0.39 is 11.6 Å². The second-order valence-electron chi connectivity index (χ2n) is 6.33. The van der Waals surface area contributed by atoms with Crippen LogP contribution in [0.5, 0.6) is 5.75 Å². The number of halogens is 2. The molecule has 2 aromatic rings. The molecule has 1 saturated heterocycles. The molecule has 1 heterocycles. The van der Waals surface area contributed by atoms with Crippen LogP contribution in [0.4, 0.5) is 14.5 Å². The van der Waals surface area contributed by atoms with Crippen molar-refractivity contribution in [3.05, 3.63) is 59.7 Å². The number of nitrogens with one attached hydrogen (secondary N) is 1. The van der Waals surface area contributed by atoms with Gasteiger partial charge in [0.1, 0.15) is 11.6 Å². The number of anilines is 1. The first-order valence-electron chi connectivity index (χ1n) is 8.79. The molecule has 0 aromatic heterocycles. The first-order chi connectivity index (χ1) is 13.0. The van der Waals surface area contributed by atoms with Crippen LogP contribution in [0.1, 0.15) is 25.3 Å². The van der Waals surface area contributed by atoms with Crippen molar-refractivity contribution in [1.29, 1.82) is 0 Å². The molecule has 1 fully saturated rings. The molecule has 0 aliphatic carbocycles. The molecule has 1 N–H and O–H groups in total. The summed E-state index contributed by atoms with van der Waals surface area (Å²) in [6, 6.07) is 10.4. The Bertz CT molecular complexity index is 832. The largest absolute Gasteiger partial charge is 0.484 e. The summed E-state index contributed by atoms with van der Waals surface area (Å²) in [7, 11) is 0. The van der Waals surface area contributed by atoms with Gasteiger partial charge in [-0.1, -0.05) is 0 Å². The molecule has 0 bridgehead atoms. The van der Waals surface area contributed by atoms with E-state index in [4.69, 9.17) is 4.74 Å². The van der Waals surface area contributed by atoms with Crippen molar-refractivity contribution in [3.8, 4) is 5.75 Å². The fraction of sp³-hybridized carbons (Fsp3) is 0.300. The highest BCUT2D eigenvalue weighted by molar-refractivity contribution is 5.99. The molecular weight excluding hydrogens is 352 g/mol. The number of likely N-dealkylation sites (tertiary alicyclic amines) is 1. The molecule has 3 rings (SSSR count). The molecule has 1 aliphatic heterocycles. The fourth-order valence-electron chi connectivity index (χ4n) is 2.78. The van der Waals surface area contributed by atoms with Crippen LogP contribution in [0, 0.1) is 11.6 Å². The van der Waals surface area contributed by atoms with Gasteiger partial charge in [0.05, 0.1) is 11.4 Å². The Balaban J connectivity index is 1.56. The number of hydrogen-bond donors (Lipinski definition) is 1. The second-order valence-corrected chi connectivity index (χ2v) is 6.33. The van der Waals surface area contributed by atoms with Crippen molar-refractivity contribution in [2.24, 2.45) is 5.10 Å². The average Bonchev–Trinajstić information content (AvgIpc) is 3.20. The van der Waals surface area contributed by atoms with E-state index in [1.807, 2.05) is 4.90 Å². The Kier molecular flexibility index (Phi) is 6.01. The number of carbonyl (C=O) groups is 1. The van der Waals surface area contributed by atoms with E-state index in [1.165, 1.54) is 6.07 Å². The van der Waals surface area contributed by atoms with Gasteiger partial charge in [-0.25, -0.2) is 8.78 Å². The van der Waals surface area contributed by atoms with Crippen LogP contribution in [0.3, 0.4) is 0 Å². The van der Waals surface area contributed by atoms with Gasteiger partial charge in [-0.2, -0.15) is 5.10 Å². The lowest BCUT2D eigenvalue weighted by Gasteiger charge is -2.15. The average molecular weight is 373 g/mol. The van der Waals surface area contributed by atoms with E-state index in [0.29, 0.717) is 11.5 Å². The van der Waals surface area contributed by atoms with Gasteiger partial charge in [0, 0.05) is 19.2 Å². The van der Waals surface area contributed by atoms with Crippen molar-refractivity contribution in [2.75, 3.05) is 25.1 Å². The number of hydrogen-bond acceptors (Lipinski definition) is 4. The summed E-state index contributed by atoms with van der Waals surface area (Å²) in [6.45, 7) is 3.40. The number of ether oxygens (including phenoxy) is 1. The van der Waals surface area contributed by atoms with E-state index in [0.717, 1.165) is 43.6 Å². The van der Waals surface area contributed by atoms with Gasteiger partial charge >= 0.3 is 0 Å². The minimum atomic E-state index is -0.710. The standard InChI is InChI=1S/C20H21F2N3O2/c1-14(23-24-19-9-6-16(21)12-18(19)22)15-4-7-17(8-5-15)27-13-20(26)25-10-2-3-11-25/h4-9,12,24H,2-3,10-11,13H2,1H3/b23-14-. The number of amides is 1. The first-order valence-corrected chi connectivity index (χ1v) is 8.79. The highest BCUT2D eigenvalue weighted by atomic mass is 19.1. The normalized spacial score (nSPS) is 14.3. The third kappa shape index (κ3) is 5.03. The predicted molar refractivity (Wildman–Crippen MR) is 99.9 cm³/mol. The Morgan fingerprint density at radius 1 is 1.15 bits per heavy atom. The maximum absolute atomic E-state index is 13.6. The van der Waals surface area contributed by atoms with Crippen molar-refractivity contribution in [1.82, 2.24) is 4.90 Å². The number of hydrazone groups is 1. The molecule has 0 spiro atoms.